The first-order valence-corrected chi connectivity index (χ1v) is 9.47. The SMILES string of the molecule is COC(=O)C1CCN(C(=O)CN2C(=O)S/C(=C/c3ccccc3)C2=O)CC1. The molecule has 8 heteroatoms. The molecular formula is C19H20N2O5S. The highest BCUT2D eigenvalue weighted by atomic mass is 32.2. The van der Waals surface area contributed by atoms with Crippen LogP contribution >= 0.6 is 11.8 Å². The van der Waals surface area contributed by atoms with Gasteiger partial charge in [0.1, 0.15) is 6.54 Å². The summed E-state index contributed by atoms with van der Waals surface area (Å²) in [7, 11) is 1.35. The van der Waals surface area contributed by atoms with Crippen LogP contribution in [0, 0.1) is 5.92 Å². The number of esters is 1. The molecule has 0 bridgehead atoms. The van der Waals surface area contributed by atoms with Crippen molar-refractivity contribution >= 4 is 40.9 Å². The number of hydrogen-bond donors (Lipinski definition) is 0. The Labute approximate surface area is 161 Å². The largest absolute Gasteiger partial charge is 0.469 e. The van der Waals surface area contributed by atoms with Crippen molar-refractivity contribution in [2.75, 3.05) is 26.7 Å². The van der Waals surface area contributed by atoms with Crippen LogP contribution in [0.1, 0.15) is 18.4 Å². The van der Waals surface area contributed by atoms with Crippen molar-refractivity contribution in [1.29, 1.82) is 0 Å². The van der Waals surface area contributed by atoms with Gasteiger partial charge in [0.2, 0.25) is 5.91 Å². The molecule has 27 heavy (non-hydrogen) atoms. The molecule has 0 spiro atoms. The molecule has 0 aromatic heterocycles. The number of rotatable bonds is 4. The first-order valence-electron chi connectivity index (χ1n) is 8.65. The van der Waals surface area contributed by atoms with E-state index >= 15 is 0 Å². The normalized spacial score (nSPS) is 19.7. The predicted molar refractivity (Wildman–Crippen MR) is 100 cm³/mol. The van der Waals surface area contributed by atoms with Crippen molar-refractivity contribution < 1.29 is 23.9 Å². The molecule has 142 valence electrons. The maximum absolute atomic E-state index is 12.5. The minimum atomic E-state index is -0.452. The van der Waals surface area contributed by atoms with Gasteiger partial charge in [-0.3, -0.25) is 24.1 Å². The number of imide groups is 1. The van der Waals surface area contributed by atoms with Crippen LogP contribution in [0.5, 0.6) is 0 Å². The van der Waals surface area contributed by atoms with Gasteiger partial charge in [0.05, 0.1) is 17.9 Å². The third-order valence-electron chi connectivity index (χ3n) is 4.65. The van der Waals surface area contributed by atoms with Crippen LogP contribution in [-0.2, 0) is 19.1 Å². The number of carbonyl (C=O) groups is 4. The van der Waals surface area contributed by atoms with E-state index in [1.807, 2.05) is 30.3 Å². The van der Waals surface area contributed by atoms with Crippen molar-refractivity contribution in [2.45, 2.75) is 12.8 Å². The minimum Gasteiger partial charge on any atom is -0.469 e. The second-order valence-electron chi connectivity index (χ2n) is 6.36. The van der Waals surface area contributed by atoms with Gasteiger partial charge < -0.3 is 9.64 Å². The topological polar surface area (TPSA) is 84.0 Å². The molecule has 0 saturated carbocycles. The average Bonchev–Trinajstić information content (AvgIpc) is 2.95. The molecule has 1 aromatic carbocycles. The van der Waals surface area contributed by atoms with Gasteiger partial charge in [-0.05, 0) is 36.2 Å². The first-order chi connectivity index (χ1) is 13.0. The highest BCUT2D eigenvalue weighted by Crippen LogP contribution is 2.32. The molecule has 2 aliphatic heterocycles. The van der Waals surface area contributed by atoms with E-state index in [0.717, 1.165) is 22.2 Å². The second kappa shape index (κ2) is 8.39. The molecule has 3 amide bonds. The third-order valence-corrected chi connectivity index (χ3v) is 5.55. The summed E-state index contributed by atoms with van der Waals surface area (Å²) in [6.45, 7) is 0.545. The van der Waals surface area contributed by atoms with Crippen molar-refractivity contribution in [3.8, 4) is 0 Å². The van der Waals surface area contributed by atoms with Gasteiger partial charge >= 0.3 is 5.97 Å². The van der Waals surface area contributed by atoms with Crippen LogP contribution in [-0.4, -0.2) is 59.6 Å². The van der Waals surface area contributed by atoms with Gasteiger partial charge in [0.15, 0.2) is 0 Å². The number of carbonyl (C=O) groups excluding carboxylic acids is 4. The Hall–Kier alpha value is -2.61. The molecule has 0 unspecified atom stereocenters. The fourth-order valence-electron chi connectivity index (χ4n) is 3.10. The van der Waals surface area contributed by atoms with E-state index in [1.54, 1.807) is 11.0 Å². The van der Waals surface area contributed by atoms with Gasteiger partial charge in [0, 0.05) is 13.1 Å². The Balaban J connectivity index is 1.60. The maximum Gasteiger partial charge on any atom is 0.308 e. The zero-order valence-electron chi connectivity index (χ0n) is 14.9. The summed E-state index contributed by atoms with van der Waals surface area (Å²) in [6, 6.07) is 9.23. The molecule has 2 aliphatic rings. The summed E-state index contributed by atoms with van der Waals surface area (Å²) in [5.74, 6) is -1.21. The molecule has 0 radical (unpaired) electrons. The Morgan fingerprint density at radius 2 is 1.85 bits per heavy atom. The first kappa shape index (κ1) is 19.2. The smallest absolute Gasteiger partial charge is 0.308 e. The Morgan fingerprint density at radius 1 is 1.19 bits per heavy atom. The number of thioether (sulfide) groups is 1. The lowest BCUT2D eigenvalue weighted by Gasteiger charge is -2.31. The molecule has 1 aromatic rings. The third kappa shape index (κ3) is 4.39. The van der Waals surface area contributed by atoms with Crippen LogP contribution in [0.2, 0.25) is 0 Å². The molecule has 7 nitrogen and oxygen atoms in total. The average molecular weight is 388 g/mol. The quantitative estimate of drug-likeness (QED) is 0.580. The second-order valence-corrected chi connectivity index (χ2v) is 7.35. The van der Waals surface area contributed by atoms with E-state index in [-0.39, 0.29) is 24.3 Å². The number of nitrogens with zero attached hydrogens (tertiary/aromatic N) is 2. The van der Waals surface area contributed by atoms with E-state index in [9.17, 15) is 19.2 Å². The van der Waals surface area contributed by atoms with Gasteiger partial charge in [0.25, 0.3) is 11.1 Å². The molecule has 2 saturated heterocycles. The van der Waals surface area contributed by atoms with Crippen LogP contribution in [0.15, 0.2) is 35.2 Å². The number of benzene rings is 1. The molecular weight excluding hydrogens is 368 g/mol. The van der Waals surface area contributed by atoms with Crippen molar-refractivity contribution in [3.05, 3.63) is 40.8 Å². The molecule has 0 atom stereocenters. The fourth-order valence-corrected chi connectivity index (χ4v) is 3.94. The van der Waals surface area contributed by atoms with Crippen LogP contribution in [0.3, 0.4) is 0 Å². The number of ether oxygens (including phenoxy) is 1. The highest BCUT2D eigenvalue weighted by Gasteiger charge is 2.38. The summed E-state index contributed by atoms with van der Waals surface area (Å²) >= 11 is 0.839. The fraction of sp³-hybridized carbons (Fsp3) is 0.368. The molecule has 2 heterocycles. The number of methoxy groups -OCH3 is 1. The molecule has 3 rings (SSSR count). The molecule has 2 fully saturated rings. The van der Waals surface area contributed by atoms with E-state index in [4.69, 9.17) is 4.74 Å². The number of likely N-dealkylation sites (tertiary alicyclic amines) is 1. The number of amides is 3. The van der Waals surface area contributed by atoms with Crippen LogP contribution < -0.4 is 0 Å². The summed E-state index contributed by atoms with van der Waals surface area (Å²) in [6.07, 6.45) is 2.69. The summed E-state index contributed by atoms with van der Waals surface area (Å²) in [4.78, 5) is 51.6. The Morgan fingerprint density at radius 3 is 2.48 bits per heavy atom. The van der Waals surface area contributed by atoms with E-state index in [1.165, 1.54) is 7.11 Å². The van der Waals surface area contributed by atoms with Crippen molar-refractivity contribution in [2.24, 2.45) is 5.92 Å². The predicted octanol–water partition coefficient (Wildman–Crippen LogP) is 2.13. The van der Waals surface area contributed by atoms with Gasteiger partial charge in [-0.1, -0.05) is 30.3 Å². The monoisotopic (exact) mass is 388 g/mol. The van der Waals surface area contributed by atoms with Crippen LogP contribution in [0.4, 0.5) is 4.79 Å². The molecule has 0 aliphatic carbocycles. The van der Waals surface area contributed by atoms with E-state index < -0.39 is 11.1 Å². The highest BCUT2D eigenvalue weighted by molar-refractivity contribution is 8.18. The Bertz CT molecular complexity index is 785. The number of piperidine rings is 1. The van der Waals surface area contributed by atoms with Crippen molar-refractivity contribution in [1.82, 2.24) is 9.80 Å². The lowest BCUT2D eigenvalue weighted by Crippen LogP contribution is -2.46. The lowest BCUT2D eigenvalue weighted by atomic mass is 9.97. The zero-order valence-corrected chi connectivity index (χ0v) is 15.7. The van der Waals surface area contributed by atoms with Gasteiger partial charge in [-0.25, -0.2) is 0 Å². The summed E-state index contributed by atoms with van der Waals surface area (Å²) in [5, 5.41) is -0.444. The maximum atomic E-state index is 12.5. The summed E-state index contributed by atoms with van der Waals surface area (Å²) < 4.78 is 4.73. The summed E-state index contributed by atoms with van der Waals surface area (Å²) in [5.41, 5.74) is 0.819. The minimum absolute atomic E-state index is 0.204. The number of hydrogen-bond acceptors (Lipinski definition) is 6. The standard InChI is InChI=1S/C19H20N2O5S/c1-26-18(24)14-7-9-20(10-8-14)16(22)12-21-17(23)15(27-19(21)25)11-13-5-3-2-4-6-13/h2-6,11,14H,7-10,12H2,1H3/b15-11+. The molecule has 0 N–H and O–H groups in total. The van der Waals surface area contributed by atoms with Crippen LogP contribution in [0.25, 0.3) is 6.08 Å². The van der Waals surface area contributed by atoms with E-state index in [0.29, 0.717) is 30.8 Å². The van der Waals surface area contributed by atoms with Gasteiger partial charge in [-0.15, -0.1) is 0 Å². The Kier molecular flexibility index (Phi) is 5.95. The van der Waals surface area contributed by atoms with Gasteiger partial charge in [-0.2, -0.15) is 0 Å². The zero-order chi connectivity index (χ0) is 19.4. The van der Waals surface area contributed by atoms with Crippen molar-refractivity contribution in [3.63, 3.8) is 0 Å². The van der Waals surface area contributed by atoms with E-state index in [2.05, 4.69) is 0 Å². The lowest BCUT2D eigenvalue weighted by molar-refractivity contribution is -0.149.